The smallest absolute Gasteiger partial charge is 0.227 e. The van der Waals surface area contributed by atoms with Gasteiger partial charge in [0, 0.05) is 24.9 Å². The summed E-state index contributed by atoms with van der Waals surface area (Å²) in [7, 11) is 1.62. The number of aromatic nitrogens is 2. The quantitative estimate of drug-likeness (QED) is 0.848. The van der Waals surface area contributed by atoms with Gasteiger partial charge in [-0.2, -0.15) is 4.98 Å². The molecule has 0 spiro atoms. The second-order valence-corrected chi connectivity index (χ2v) is 5.49. The number of amides is 1. The number of nitrogens with zero attached hydrogens (tertiary/aromatic N) is 2. The van der Waals surface area contributed by atoms with E-state index in [0.717, 1.165) is 17.9 Å². The molecule has 6 nitrogen and oxygen atoms in total. The number of ether oxygens (including phenoxy) is 1. The lowest BCUT2D eigenvalue weighted by Crippen LogP contribution is -2.25. The number of rotatable bonds is 7. The van der Waals surface area contributed by atoms with Gasteiger partial charge < -0.3 is 14.6 Å². The van der Waals surface area contributed by atoms with Gasteiger partial charge in [-0.25, -0.2) is 0 Å². The number of benzene rings is 1. The van der Waals surface area contributed by atoms with Crippen LogP contribution < -0.4 is 10.1 Å². The molecular weight excluding hydrogens is 282 g/mol. The predicted molar refractivity (Wildman–Crippen MR) is 80.3 cm³/mol. The highest BCUT2D eigenvalue weighted by molar-refractivity contribution is 5.76. The first-order chi connectivity index (χ1) is 10.7. The predicted octanol–water partition coefficient (Wildman–Crippen LogP) is 2.20. The van der Waals surface area contributed by atoms with Crippen LogP contribution in [0.5, 0.6) is 5.75 Å². The van der Waals surface area contributed by atoms with Gasteiger partial charge in [0.15, 0.2) is 0 Å². The van der Waals surface area contributed by atoms with Crippen LogP contribution in [0.2, 0.25) is 0 Å². The maximum Gasteiger partial charge on any atom is 0.227 e. The van der Waals surface area contributed by atoms with E-state index in [1.54, 1.807) is 7.11 Å². The van der Waals surface area contributed by atoms with E-state index >= 15 is 0 Å². The van der Waals surface area contributed by atoms with Gasteiger partial charge in [-0.05, 0) is 43.0 Å². The standard InChI is InChI=1S/C16H19N3O3/c1-21-13-6-4-12(5-7-13)16-18-15(22-19-16)9-8-14(20)17-10-11-2-3-11/h4-7,11H,2-3,8-10H2,1H3,(H,17,20). The molecule has 1 aromatic heterocycles. The summed E-state index contributed by atoms with van der Waals surface area (Å²) in [6, 6.07) is 7.43. The van der Waals surface area contributed by atoms with Crippen molar-refractivity contribution < 1.29 is 14.1 Å². The van der Waals surface area contributed by atoms with Gasteiger partial charge in [-0.15, -0.1) is 0 Å². The fourth-order valence-electron chi connectivity index (χ4n) is 2.10. The highest BCUT2D eigenvalue weighted by Crippen LogP contribution is 2.27. The van der Waals surface area contributed by atoms with Crippen LogP contribution in [0.15, 0.2) is 28.8 Å². The fourth-order valence-corrected chi connectivity index (χ4v) is 2.10. The lowest BCUT2D eigenvalue weighted by Gasteiger charge is -2.01. The van der Waals surface area contributed by atoms with Crippen LogP contribution in [0.3, 0.4) is 0 Å². The topological polar surface area (TPSA) is 77.2 Å². The molecule has 0 radical (unpaired) electrons. The average molecular weight is 301 g/mol. The average Bonchev–Trinajstić information content (AvgIpc) is 3.27. The summed E-state index contributed by atoms with van der Waals surface area (Å²) in [6.45, 7) is 0.791. The molecule has 0 bridgehead atoms. The van der Waals surface area contributed by atoms with Crippen molar-refractivity contribution in [3.05, 3.63) is 30.2 Å². The van der Waals surface area contributed by atoms with E-state index in [1.807, 2.05) is 24.3 Å². The first-order valence-corrected chi connectivity index (χ1v) is 7.48. The van der Waals surface area contributed by atoms with Crippen molar-refractivity contribution in [3.63, 3.8) is 0 Å². The Morgan fingerprint density at radius 2 is 2.14 bits per heavy atom. The van der Waals surface area contributed by atoms with Crippen molar-refractivity contribution in [3.8, 4) is 17.1 Å². The van der Waals surface area contributed by atoms with Gasteiger partial charge >= 0.3 is 0 Å². The van der Waals surface area contributed by atoms with Crippen LogP contribution in [0.4, 0.5) is 0 Å². The van der Waals surface area contributed by atoms with E-state index in [0.29, 0.717) is 30.5 Å². The highest BCUT2D eigenvalue weighted by Gasteiger charge is 2.21. The molecule has 6 heteroatoms. The summed E-state index contributed by atoms with van der Waals surface area (Å²) in [6.07, 6.45) is 3.29. The molecule has 2 aromatic rings. The highest BCUT2D eigenvalue weighted by atomic mass is 16.5. The van der Waals surface area contributed by atoms with Gasteiger partial charge in [-0.1, -0.05) is 5.16 Å². The number of hydrogen-bond donors (Lipinski definition) is 1. The second kappa shape index (κ2) is 6.60. The van der Waals surface area contributed by atoms with E-state index in [1.165, 1.54) is 12.8 Å². The normalized spacial score (nSPS) is 13.9. The summed E-state index contributed by atoms with van der Waals surface area (Å²) in [5.74, 6) is 2.51. The third kappa shape index (κ3) is 3.84. The summed E-state index contributed by atoms with van der Waals surface area (Å²) >= 11 is 0. The molecule has 1 saturated carbocycles. The molecule has 1 aromatic carbocycles. The molecule has 1 aliphatic rings. The molecule has 0 aliphatic heterocycles. The monoisotopic (exact) mass is 301 g/mol. The molecule has 1 aliphatic carbocycles. The zero-order valence-corrected chi connectivity index (χ0v) is 12.5. The van der Waals surface area contributed by atoms with Crippen LogP contribution >= 0.6 is 0 Å². The molecule has 0 atom stereocenters. The Kier molecular flexibility index (Phi) is 4.37. The number of hydrogen-bond acceptors (Lipinski definition) is 5. The summed E-state index contributed by atoms with van der Waals surface area (Å²) in [4.78, 5) is 16.0. The second-order valence-electron chi connectivity index (χ2n) is 5.49. The Labute approximate surface area is 128 Å². The van der Waals surface area contributed by atoms with Gasteiger partial charge in [0.1, 0.15) is 5.75 Å². The first-order valence-electron chi connectivity index (χ1n) is 7.48. The molecule has 1 heterocycles. The van der Waals surface area contributed by atoms with Gasteiger partial charge in [0.05, 0.1) is 7.11 Å². The number of carbonyl (C=O) groups is 1. The Morgan fingerprint density at radius 1 is 1.36 bits per heavy atom. The van der Waals surface area contributed by atoms with E-state index in [9.17, 15) is 4.79 Å². The lowest BCUT2D eigenvalue weighted by atomic mass is 10.2. The zero-order chi connectivity index (χ0) is 15.4. The number of methoxy groups -OCH3 is 1. The third-order valence-electron chi connectivity index (χ3n) is 3.67. The number of nitrogens with one attached hydrogen (secondary N) is 1. The van der Waals surface area contributed by atoms with Crippen molar-refractivity contribution in [2.24, 2.45) is 5.92 Å². The summed E-state index contributed by atoms with van der Waals surface area (Å²) in [5, 5.41) is 6.87. The van der Waals surface area contributed by atoms with Gasteiger partial charge in [0.2, 0.25) is 17.6 Å². The Balaban J connectivity index is 1.52. The largest absolute Gasteiger partial charge is 0.497 e. The van der Waals surface area contributed by atoms with Gasteiger partial charge in [-0.3, -0.25) is 4.79 Å². The zero-order valence-electron chi connectivity index (χ0n) is 12.5. The minimum Gasteiger partial charge on any atom is -0.497 e. The van der Waals surface area contributed by atoms with Crippen LogP contribution in [-0.2, 0) is 11.2 Å². The van der Waals surface area contributed by atoms with Crippen molar-refractivity contribution >= 4 is 5.91 Å². The van der Waals surface area contributed by atoms with Crippen molar-refractivity contribution in [1.29, 1.82) is 0 Å². The minimum absolute atomic E-state index is 0.0381. The molecule has 3 rings (SSSR count). The summed E-state index contributed by atoms with van der Waals surface area (Å²) < 4.78 is 10.3. The van der Waals surface area contributed by atoms with E-state index < -0.39 is 0 Å². The van der Waals surface area contributed by atoms with Crippen molar-refractivity contribution in [2.45, 2.75) is 25.7 Å². The van der Waals surface area contributed by atoms with E-state index in [4.69, 9.17) is 9.26 Å². The molecule has 22 heavy (non-hydrogen) atoms. The molecular formula is C16H19N3O3. The fraction of sp³-hybridized carbons (Fsp3) is 0.438. The maximum absolute atomic E-state index is 11.7. The van der Waals surface area contributed by atoms with Crippen LogP contribution in [-0.4, -0.2) is 29.7 Å². The van der Waals surface area contributed by atoms with E-state index in [2.05, 4.69) is 15.5 Å². The molecule has 0 saturated heterocycles. The van der Waals surface area contributed by atoms with Crippen molar-refractivity contribution in [1.82, 2.24) is 15.5 Å². The molecule has 0 unspecified atom stereocenters. The SMILES string of the molecule is COc1ccc(-c2noc(CCC(=O)NCC3CC3)n2)cc1. The lowest BCUT2D eigenvalue weighted by molar-refractivity contribution is -0.121. The minimum atomic E-state index is 0.0381. The molecule has 1 fully saturated rings. The van der Waals surface area contributed by atoms with E-state index in [-0.39, 0.29) is 5.91 Å². The maximum atomic E-state index is 11.7. The number of carbonyl (C=O) groups excluding carboxylic acids is 1. The van der Waals surface area contributed by atoms with Gasteiger partial charge in [0.25, 0.3) is 0 Å². The van der Waals surface area contributed by atoms with Crippen LogP contribution in [0.25, 0.3) is 11.4 Å². The Morgan fingerprint density at radius 3 is 2.82 bits per heavy atom. The molecule has 1 amide bonds. The third-order valence-corrected chi connectivity index (χ3v) is 3.67. The Hall–Kier alpha value is -2.37. The number of aryl methyl sites for hydroxylation is 1. The van der Waals surface area contributed by atoms with Crippen molar-refractivity contribution in [2.75, 3.05) is 13.7 Å². The first kappa shape index (κ1) is 14.6. The Bertz CT molecular complexity index is 632. The summed E-state index contributed by atoms with van der Waals surface area (Å²) in [5.41, 5.74) is 0.856. The molecule has 116 valence electrons. The molecule has 1 N–H and O–H groups in total. The van der Waals surface area contributed by atoms with Crippen LogP contribution in [0, 0.1) is 5.92 Å². The van der Waals surface area contributed by atoms with Crippen LogP contribution in [0.1, 0.15) is 25.2 Å².